The first-order valence-electron chi connectivity index (χ1n) is 15.4. The molecule has 1 aliphatic heterocycles. The van der Waals surface area contributed by atoms with E-state index in [1.54, 1.807) is 36.9 Å². The molecule has 1 aromatic carbocycles. The molecule has 0 N–H and O–H groups in total. The van der Waals surface area contributed by atoms with Crippen molar-refractivity contribution in [3.63, 3.8) is 0 Å². The van der Waals surface area contributed by atoms with E-state index in [2.05, 4.69) is 56.5 Å². The molecule has 5 aromatic rings. The summed E-state index contributed by atoms with van der Waals surface area (Å²) in [6.07, 6.45) is 11.0. The van der Waals surface area contributed by atoms with Crippen LogP contribution in [0.1, 0.15) is 16.7 Å². The number of aryl methyl sites for hydroxylation is 1. The second-order valence-corrected chi connectivity index (χ2v) is 12.4. The number of piperazine rings is 1. The van der Waals surface area contributed by atoms with Crippen molar-refractivity contribution in [2.45, 2.75) is 17.9 Å². The zero-order valence-electron chi connectivity index (χ0n) is 26.6. The van der Waals surface area contributed by atoms with E-state index in [4.69, 9.17) is 18.1 Å². The first-order chi connectivity index (χ1) is 23.9. The monoisotopic (exact) mass is 683 g/mol. The van der Waals surface area contributed by atoms with Crippen molar-refractivity contribution in [3.05, 3.63) is 96.9 Å². The molecule has 5 heterocycles. The number of nitrogens with zero attached hydrogens (tertiary/aromatic N) is 9. The van der Waals surface area contributed by atoms with Crippen LogP contribution in [0.25, 0.3) is 11.5 Å². The van der Waals surface area contributed by atoms with Crippen LogP contribution in [0.2, 0.25) is 0 Å². The smallest absolute Gasteiger partial charge is 0.297 e. The van der Waals surface area contributed by atoms with Crippen LogP contribution in [0.15, 0.2) is 89.5 Å². The summed E-state index contributed by atoms with van der Waals surface area (Å²) in [5, 5.41) is 0. The third-order valence-electron chi connectivity index (χ3n) is 7.40. The molecule has 0 aliphatic carbocycles. The van der Waals surface area contributed by atoms with Crippen molar-refractivity contribution in [1.82, 2.24) is 34.9 Å². The molecular weight excluding hydrogens is 650 g/mol. The largest absolute Gasteiger partial charge is 0.442 e. The van der Waals surface area contributed by atoms with Crippen molar-refractivity contribution in [3.8, 4) is 23.3 Å². The molecule has 0 amide bonds. The normalized spacial score (nSPS) is 14.8. The molecule has 1 atom stereocenters. The number of oxazole rings is 1. The molecule has 6 rings (SSSR count). The Morgan fingerprint density at radius 1 is 0.796 bits per heavy atom. The summed E-state index contributed by atoms with van der Waals surface area (Å²) < 4.78 is 46.5. The van der Waals surface area contributed by atoms with E-state index in [1.807, 2.05) is 19.1 Å². The van der Waals surface area contributed by atoms with Crippen LogP contribution < -0.4 is 9.80 Å². The van der Waals surface area contributed by atoms with E-state index >= 15 is 0 Å². The van der Waals surface area contributed by atoms with Gasteiger partial charge in [0, 0.05) is 43.8 Å². The van der Waals surface area contributed by atoms with Crippen LogP contribution in [0.4, 0.5) is 11.9 Å². The Labute approximate surface area is 283 Å². The molecular formula is C33H33N9O6S. The van der Waals surface area contributed by atoms with E-state index in [1.165, 1.54) is 31.2 Å². The minimum Gasteiger partial charge on any atom is -0.442 e. The Kier molecular flexibility index (Phi) is 11.1. The Morgan fingerprint density at radius 2 is 1.53 bits per heavy atom. The maximum absolute atomic E-state index is 12.3. The van der Waals surface area contributed by atoms with Gasteiger partial charge in [-0.05, 0) is 31.2 Å². The van der Waals surface area contributed by atoms with Crippen molar-refractivity contribution in [2.75, 3.05) is 62.5 Å². The highest BCUT2D eigenvalue weighted by atomic mass is 32.2. The number of benzene rings is 1. The van der Waals surface area contributed by atoms with Crippen LogP contribution in [0.3, 0.4) is 0 Å². The molecule has 0 bridgehead atoms. The van der Waals surface area contributed by atoms with Gasteiger partial charge in [0.1, 0.15) is 18.3 Å². The Balaban J connectivity index is 0.987. The molecule has 1 fully saturated rings. The SMILES string of the molecule is Cc1ccc(S(=O)(=O)OCCOCCOC[C@H]2CN(c3ncc(C#Cc4ccc(-c5cnco5)nc4)cn3)CCN2c2ncncn2)cc1. The summed E-state index contributed by atoms with van der Waals surface area (Å²) in [5.74, 6) is 7.89. The molecule has 0 saturated carbocycles. The van der Waals surface area contributed by atoms with Crippen LogP contribution >= 0.6 is 0 Å². The zero-order valence-corrected chi connectivity index (χ0v) is 27.4. The second-order valence-electron chi connectivity index (χ2n) is 10.8. The molecule has 0 radical (unpaired) electrons. The molecule has 1 aliphatic rings. The third kappa shape index (κ3) is 9.18. The van der Waals surface area contributed by atoms with Crippen molar-refractivity contribution >= 4 is 22.0 Å². The molecule has 1 saturated heterocycles. The van der Waals surface area contributed by atoms with Crippen molar-refractivity contribution in [1.29, 1.82) is 0 Å². The lowest BCUT2D eigenvalue weighted by molar-refractivity contribution is 0.0320. The summed E-state index contributed by atoms with van der Waals surface area (Å²) in [5.41, 5.74) is 3.06. The maximum atomic E-state index is 12.3. The van der Waals surface area contributed by atoms with Crippen LogP contribution in [-0.2, 0) is 23.8 Å². The van der Waals surface area contributed by atoms with Gasteiger partial charge in [-0.3, -0.25) is 9.17 Å². The molecule has 0 spiro atoms. The van der Waals surface area contributed by atoms with E-state index in [0.29, 0.717) is 61.8 Å². The van der Waals surface area contributed by atoms with Crippen LogP contribution in [-0.4, -0.2) is 102 Å². The second kappa shape index (κ2) is 16.2. The minimum absolute atomic E-state index is 0.0970. The number of rotatable bonds is 13. The van der Waals surface area contributed by atoms with Crippen molar-refractivity contribution in [2.24, 2.45) is 0 Å². The number of pyridine rings is 1. The van der Waals surface area contributed by atoms with Crippen molar-refractivity contribution < 1.29 is 26.5 Å². The van der Waals surface area contributed by atoms with Gasteiger partial charge in [0.05, 0.1) is 55.7 Å². The summed E-state index contributed by atoms with van der Waals surface area (Å²) in [6.45, 7) is 4.64. The summed E-state index contributed by atoms with van der Waals surface area (Å²) in [7, 11) is -3.84. The predicted octanol–water partition coefficient (Wildman–Crippen LogP) is 2.55. The van der Waals surface area contributed by atoms with Gasteiger partial charge in [-0.15, -0.1) is 0 Å². The predicted molar refractivity (Wildman–Crippen MR) is 177 cm³/mol. The highest BCUT2D eigenvalue weighted by Crippen LogP contribution is 2.20. The highest BCUT2D eigenvalue weighted by Gasteiger charge is 2.30. The van der Waals surface area contributed by atoms with E-state index in [-0.39, 0.29) is 30.8 Å². The molecule has 16 heteroatoms. The standard InChI is InChI=1S/C33H33N9O6S/c1-25-2-7-29(8-3-25)49(43,44)48-15-14-45-12-13-46-21-28-20-41(10-11-42(28)33-39-22-35-23-40-33)32-37-17-27(18-38-32)5-4-26-6-9-30(36-16-26)31-19-34-24-47-31/h2-3,6-9,16-19,22-24,28H,10-15,20-21H2,1H3/t28-/m1/s1. The molecule has 0 unspecified atom stereocenters. The topological polar surface area (TPSA) is 172 Å². The Hall–Kier alpha value is -5.34. The van der Waals surface area contributed by atoms with Gasteiger partial charge in [-0.25, -0.2) is 29.9 Å². The average Bonchev–Trinajstić information content (AvgIpc) is 3.68. The lowest BCUT2D eigenvalue weighted by atomic mass is 10.2. The van der Waals surface area contributed by atoms with Gasteiger partial charge in [0.25, 0.3) is 10.1 Å². The average molecular weight is 684 g/mol. The maximum Gasteiger partial charge on any atom is 0.297 e. The van der Waals surface area contributed by atoms with Gasteiger partial charge in [-0.2, -0.15) is 8.42 Å². The fourth-order valence-electron chi connectivity index (χ4n) is 4.89. The first-order valence-corrected chi connectivity index (χ1v) is 16.8. The van der Waals surface area contributed by atoms with Crippen LogP contribution in [0, 0.1) is 18.8 Å². The Morgan fingerprint density at radius 3 is 2.27 bits per heavy atom. The van der Waals surface area contributed by atoms with Gasteiger partial charge >= 0.3 is 0 Å². The van der Waals surface area contributed by atoms with E-state index in [9.17, 15) is 8.42 Å². The Bertz CT molecular complexity index is 1940. The highest BCUT2D eigenvalue weighted by molar-refractivity contribution is 7.86. The summed E-state index contributed by atoms with van der Waals surface area (Å²) >= 11 is 0. The number of ether oxygens (including phenoxy) is 2. The minimum atomic E-state index is -3.84. The van der Waals surface area contributed by atoms with E-state index < -0.39 is 10.1 Å². The first kappa shape index (κ1) is 33.6. The summed E-state index contributed by atoms with van der Waals surface area (Å²) in [6, 6.07) is 10.1. The van der Waals surface area contributed by atoms with Gasteiger partial charge in [0.2, 0.25) is 11.9 Å². The lowest BCUT2D eigenvalue weighted by Crippen LogP contribution is -2.56. The van der Waals surface area contributed by atoms with Crippen LogP contribution in [0.5, 0.6) is 0 Å². The number of anilines is 2. The molecule has 4 aromatic heterocycles. The summed E-state index contributed by atoms with van der Waals surface area (Å²) in [4.78, 5) is 34.3. The fourth-order valence-corrected chi connectivity index (χ4v) is 5.78. The zero-order chi connectivity index (χ0) is 33.9. The molecule has 15 nitrogen and oxygen atoms in total. The van der Waals surface area contributed by atoms with E-state index in [0.717, 1.165) is 11.1 Å². The lowest BCUT2D eigenvalue weighted by Gasteiger charge is -2.41. The number of aromatic nitrogens is 7. The fraction of sp³-hybridized carbons (Fsp3) is 0.303. The molecule has 252 valence electrons. The number of hydrogen-bond acceptors (Lipinski definition) is 15. The van der Waals surface area contributed by atoms with Gasteiger partial charge in [0.15, 0.2) is 12.2 Å². The van der Waals surface area contributed by atoms with Gasteiger partial charge < -0.3 is 23.7 Å². The third-order valence-corrected chi connectivity index (χ3v) is 8.72. The van der Waals surface area contributed by atoms with Gasteiger partial charge in [-0.1, -0.05) is 29.5 Å². The quantitative estimate of drug-likeness (QED) is 0.101. The molecule has 49 heavy (non-hydrogen) atoms. The number of hydrogen-bond donors (Lipinski definition) is 0.